The summed E-state index contributed by atoms with van der Waals surface area (Å²) in [5.41, 5.74) is 1.94. The third-order valence-electron chi connectivity index (χ3n) is 6.12. The van der Waals surface area contributed by atoms with Crippen LogP contribution in [-0.2, 0) is 4.79 Å². The molecule has 3 aromatic rings. The Morgan fingerprint density at radius 1 is 0.857 bits per heavy atom. The van der Waals surface area contributed by atoms with Crippen LogP contribution in [0, 0.1) is 11.7 Å². The van der Waals surface area contributed by atoms with Crippen molar-refractivity contribution >= 4 is 28.9 Å². The van der Waals surface area contributed by atoms with Crippen molar-refractivity contribution in [2.45, 2.75) is 12.8 Å². The van der Waals surface area contributed by atoms with Crippen LogP contribution >= 0.6 is 0 Å². The number of benzene rings is 3. The number of hydrogen-bond acceptors (Lipinski definition) is 5. The molecule has 8 heteroatoms. The standard InChI is InChI=1S/C27H28FN3O4/c1-34-24-17-22(25(35-2)16-21(24)29-26(32)18-8-4-3-5-9-18)30-27(33)19-12-14-31(15-13-19)23-11-7-6-10-20(23)28/h3-11,16-17,19H,12-15H2,1-2H3,(H,29,32)(H,30,33). The first-order valence-electron chi connectivity index (χ1n) is 11.4. The maximum atomic E-state index is 14.1. The molecule has 2 N–H and O–H groups in total. The second kappa shape index (κ2) is 10.9. The van der Waals surface area contributed by atoms with Gasteiger partial charge in [0.05, 0.1) is 31.3 Å². The van der Waals surface area contributed by atoms with Crippen LogP contribution in [0.2, 0.25) is 0 Å². The second-order valence-electron chi connectivity index (χ2n) is 8.27. The summed E-state index contributed by atoms with van der Waals surface area (Å²) in [7, 11) is 2.98. The number of methoxy groups -OCH3 is 2. The molecule has 2 amide bonds. The van der Waals surface area contributed by atoms with Gasteiger partial charge in [-0.25, -0.2) is 4.39 Å². The van der Waals surface area contributed by atoms with E-state index in [0.717, 1.165) is 0 Å². The van der Waals surface area contributed by atoms with E-state index < -0.39 is 0 Å². The molecule has 1 fully saturated rings. The summed E-state index contributed by atoms with van der Waals surface area (Å²) in [6, 6.07) is 18.8. The molecule has 3 aromatic carbocycles. The van der Waals surface area contributed by atoms with E-state index in [9.17, 15) is 14.0 Å². The fourth-order valence-corrected chi connectivity index (χ4v) is 4.20. The maximum Gasteiger partial charge on any atom is 0.255 e. The van der Waals surface area contributed by atoms with Gasteiger partial charge in [-0.2, -0.15) is 0 Å². The summed E-state index contributed by atoms with van der Waals surface area (Å²) < 4.78 is 25.0. The van der Waals surface area contributed by atoms with Gasteiger partial charge in [-0.3, -0.25) is 9.59 Å². The van der Waals surface area contributed by atoms with Crippen LogP contribution in [0.15, 0.2) is 66.7 Å². The third kappa shape index (κ3) is 5.54. The van der Waals surface area contributed by atoms with Crippen molar-refractivity contribution < 1.29 is 23.5 Å². The molecule has 0 atom stereocenters. The fraction of sp³-hybridized carbons (Fsp3) is 0.259. The number of para-hydroxylation sites is 1. The van der Waals surface area contributed by atoms with Gasteiger partial charge in [0.2, 0.25) is 5.91 Å². The Labute approximate surface area is 203 Å². The van der Waals surface area contributed by atoms with Gasteiger partial charge in [0.1, 0.15) is 17.3 Å². The smallest absolute Gasteiger partial charge is 0.255 e. The summed E-state index contributed by atoms with van der Waals surface area (Å²) in [6.07, 6.45) is 1.20. The normalized spacial score (nSPS) is 13.7. The first-order valence-corrected chi connectivity index (χ1v) is 11.4. The summed E-state index contributed by atoms with van der Waals surface area (Å²) in [5, 5.41) is 5.76. The van der Waals surface area contributed by atoms with Gasteiger partial charge in [0, 0.05) is 36.7 Å². The van der Waals surface area contributed by atoms with E-state index >= 15 is 0 Å². The van der Waals surface area contributed by atoms with E-state index in [1.54, 1.807) is 48.5 Å². The second-order valence-corrected chi connectivity index (χ2v) is 8.27. The number of halogens is 1. The zero-order valence-corrected chi connectivity index (χ0v) is 19.7. The first-order chi connectivity index (χ1) is 17.0. The average Bonchev–Trinajstić information content (AvgIpc) is 2.90. The lowest BCUT2D eigenvalue weighted by Crippen LogP contribution is -2.38. The van der Waals surface area contributed by atoms with E-state index in [-0.39, 0.29) is 23.5 Å². The van der Waals surface area contributed by atoms with Crippen LogP contribution < -0.4 is 25.0 Å². The van der Waals surface area contributed by atoms with Crippen LogP contribution in [0.3, 0.4) is 0 Å². The molecule has 182 valence electrons. The molecule has 1 saturated heterocycles. The number of rotatable bonds is 7. The van der Waals surface area contributed by atoms with Gasteiger partial charge in [-0.1, -0.05) is 30.3 Å². The van der Waals surface area contributed by atoms with E-state index in [0.29, 0.717) is 60.1 Å². The SMILES string of the molecule is COc1cc(NC(=O)C2CCN(c3ccccc3F)CC2)c(OC)cc1NC(=O)c1ccccc1. The highest BCUT2D eigenvalue weighted by molar-refractivity contribution is 6.05. The summed E-state index contributed by atoms with van der Waals surface area (Å²) in [6.45, 7) is 1.17. The Morgan fingerprint density at radius 3 is 2.03 bits per heavy atom. The van der Waals surface area contributed by atoms with Gasteiger partial charge >= 0.3 is 0 Å². The van der Waals surface area contributed by atoms with E-state index in [1.807, 2.05) is 17.0 Å². The van der Waals surface area contributed by atoms with Crippen LogP contribution in [0.1, 0.15) is 23.2 Å². The number of nitrogens with one attached hydrogen (secondary N) is 2. The Hall–Kier alpha value is -4.07. The molecule has 35 heavy (non-hydrogen) atoms. The molecule has 0 spiro atoms. The van der Waals surface area contributed by atoms with Crippen LogP contribution in [0.5, 0.6) is 11.5 Å². The number of carbonyl (C=O) groups excluding carboxylic acids is 2. The Kier molecular flexibility index (Phi) is 7.50. The van der Waals surface area contributed by atoms with Crippen molar-refractivity contribution in [3.05, 3.63) is 78.1 Å². The fourth-order valence-electron chi connectivity index (χ4n) is 4.20. The lowest BCUT2D eigenvalue weighted by molar-refractivity contribution is -0.120. The molecule has 0 radical (unpaired) electrons. The monoisotopic (exact) mass is 477 g/mol. The molecule has 1 aliphatic heterocycles. The number of carbonyl (C=O) groups is 2. The van der Waals surface area contributed by atoms with E-state index in [1.165, 1.54) is 20.3 Å². The van der Waals surface area contributed by atoms with E-state index in [2.05, 4.69) is 10.6 Å². The molecule has 1 aliphatic rings. The predicted octanol–water partition coefficient (Wildman–Crippen LogP) is 4.95. The van der Waals surface area contributed by atoms with Gasteiger partial charge < -0.3 is 25.0 Å². The molecule has 7 nitrogen and oxygen atoms in total. The van der Waals surface area contributed by atoms with Crippen molar-refractivity contribution in [2.24, 2.45) is 5.92 Å². The van der Waals surface area contributed by atoms with Crippen molar-refractivity contribution in [1.82, 2.24) is 0 Å². The zero-order valence-electron chi connectivity index (χ0n) is 19.7. The Morgan fingerprint density at radius 2 is 1.43 bits per heavy atom. The largest absolute Gasteiger partial charge is 0.494 e. The molecule has 0 unspecified atom stereocenters. The number of anilines is 3. The lowest BCUT2D eigenvalue weighted by atomic mass is 9.95. The summed E-state index contributed by atoms with van der Waals surface area (Å²) in [5.74, 6) is -0.118. The molecular formula is C27H28FN3O4. The molecule has 0 bridgehead atoms. The summed E-state index contributed by atoms with van der Waals surface area (Å²) in [4.78, 5) is 27.6. The van der Waals surface area contributed by atoms with Crippen LogP contribution in [-0.4, -0.2) is 39.1 Å². The minimum atomic E-state index is -0.288. The summed E-state index contributed by atoms with van der Waals surface area (Å²) >= 11 is 0. The number of hydrogen-bond donors (Lipinski definition) is 2. The quantitative estimate of drug-likeness (QED) is 0.503. The topological polar surface area (TPSA) is 79.9 Å². The highest BCUT2D eigenvalue weighted by Gasteiger charge is 2.27. The van der Waals surface area contributed by atoms with Gasteiger partial charge in [0.25, 0.3) is 5.91 Å². The van der Waals surface area contributed by atoms with Crippen LogP contribution in [0.4, 0.5) is 21.5 Å². The van der Waals surface area contributed by atoms with Crippen molar-refractivity contribution in [3.8, 4) is 11.5 Å². The molecule has 0 aromatic heterocycles. The zero-order chi connectivity index (χ0) is 24.8. The van der Waals surface area contributed by atoms with Gasteiger partial charge in [0.15, 0.2) is 0 Å². The molecule has 4 rings (SSSR count). The Bertz CT molecular complexity index is 1190. The number of amides is 2. The molecular weight excluding hydrogens is 449 g/mol. The number of nitrogens with zero attached hydrogens (tertiary/aromatic N) is 1. The third-order valence-corrected chi connectivity index (χ3v) is 6.12. The lowest BCUT2D eigenvalue weighted by Gasteiger charge is -2.33. The molecule has 0 aliphatic carbocycles. The average molecular weight is 478 g/mol. The minimum absolute atomic E-state index is 0.139. The van der Waals surface area contributed by atoms with E-state index in [4.69, 9.17) is 9.47 Å². The van der Waals surface area contributed by atoms with Crippen molar-refractivity contribution in [2.75, 3.05) is 42.8 Å². The van der Waals surface area contributed by atoms with Gasteiger partial charge in [-0.05, 0) is 37.1 Å². The minimum Gasteiger partial charge on any atom is -0.494 e. The highest BCUT2D eigenvalue weighted by Crippen LogP contribution is 2.37. The molecule has 0 saturated carbocycles. The Balaban J connectivity index is 1.44. The maximum absolute atomic E-state index is 14.1. The number of piperidine rings is 1. The molecule has 1 heterocycles. The van der Waals surface area contributed by atoms with Gasteiger partial charge in [-0.15, -0.1) is 0 Å². The first kappa shape index (κ1) is 24.1. The van der Waals surface area contributed by atoms with Crippen molar-refractivity contribution in [1.29, 1.82) is 0 Å². The highest BCUT2D eigenvalue weighted by atomic mass is 19.1. The van der Waals surface area contributed by atoms with Crippen molar-refractivity contribution in [3.63, 3.8) is 0 Å². The number of ether oxygens (including phenoxy) is 2. The van der Waals surface area contributed by atoms with Crippen LogP contribution in [0.25, 0.3) is 0 Å². The predicted molar refractivity (Wildman–Crippen MR) is 134 cm³/mol.